The summed E-state index contributed by atoms with van der Waals surface area (Å²) in [5.74, 6) is -3.10. The number of hydrogen-bond donors (Lipinski definition) is 5. The van der Waals surface area contributed by atoms with E-state index in [-0.39, 0.29) is 61.0 Å². The Balaban J connectivity index is 0.0000110. The SMILES string of the molecule is COC(=O)CCCCCNC(=O)[C@H](Cc1ccccc1)NC(=O)CN(C(=O)[C@H](N)CCS(C)=O)C(=O)[C@@H](N)Cc1ccc(O)cc1.Cl.O. The Kier molecular flexibility index (Phi) is 21.5. The number of ether oxygens (including phenoxy) is 1. The number of rotatable bonds is 19. The molecule has 268 valence electrons. The summed E-state index contributed by atoms with van der Waals surface area (Å²) in [6.07, 6.45) is 3.80. The van der Waals surface area contributed by atoms with Gasteiger partial charge in [-0.15, -0.1) is 12.4 Å². The third kappa shape index (κ3) is 16.3. The number of phenols is 1. The van der Waals surface area contributed by atoms with Gasteiger partial charge in [0.15, 0.2) is 0 Å². The predicted octanol–water partition coefficient (Wildman–Crippen LogP) is -0.113. The standard InChI is InChI=1S/C32H45N5O8S.ClH.H2O/c1-45-29(40)11-7-4-8-17-35-30(41)27(20-22-9-5-3-6-10-22)36-28(39)21-37(31(42)25(33)16-18-46(2)44)32(43)26(34)19-23-12-14-24(38)15-13-23;;/h3,5-6,9-10,12-15,25-27,38H,4,7-8,11,16-21,33-34H2,1-2H3,(H,35,41)(H,36,39);1H;1H2/t25-,26+,27+,46?;;/m1../s1. The molecule has 2 aromatic rings. The third-order valence-electron chi connectivity index (χ3n) is 7.10. The summed E-state index contributed by atoms with van der Waals surface area (Å²) in [6, 6.07) is 11.6. The minimum Gasteiger partial charge on any atom is -0.508 e. The van der Waals surface area contributed by atoms with Gasteiger partial charge in [0.25, 0.3) is 0 Å². The Labute approximate surface area is 289 Å². The molecular formula is C32H48ClN5O9S. The minimum absolute atomic E-state index is 0. The van der Waals surface area contributed by atoms with Crippen molar-refractivity contribution in [1.82, 2.24) is 15.5 Å². The van der Waals surface area contributed by atoms with Gasteiger partial charge in [0.1, 0.15) is 18.3 Å². The molecule has 0 fully saturated rings. The van der Waals surface area contributed by atoms with E-state index in [0.717, 1.165) is 5.56 Å². The van der Waals surface area contributed by atoms with Crippen molar-refractivity contribution in [1.29, 1.82) is 0 Å². The molecule has 16 heteroatoms. The number of nitrogens with zero attached hydrogens (tertiary/aromatic N) is 1. The lowest BCUT2D eigenvalue weighted by atomic mass is 10.0. The van der Waals surface area contributed by atoms with E-state index in [1.54, 1.807) is 36.4 Å². The summed E-state index contributed by atoms with van der Waals surface area (Å²) in [7, 11) is 0.0841. The maximum atomic E-state index is 13.5. The summed E-state index contributed by atoms with van der Waals surface area (Å²) in [4.78, 5) is 65.3. The van der Waals surface area contributed by atoms with Gasteiger partial charge in [0.05, 0.1) is 19.2 Å². The highest BCUT2D eigenvalue weighted by Gasteiger charge is 2.33. The molecule has 4 atom stereocenters. The molecule has 0 saturated heterocycles. The van der Waals surface area contributed by atoms with E-state index in [9.17, 15) is 33.3 Å². The highest BCUT2D eigenvalue weighted by Crippen LogP contribution is 2.13. The van der Waals surface area contributed by atoms with Crippen molar-refractivity contribution < 1.29 is 43.5 Å². The lowest BCUT2D eigenvalue weighted by Crippen LogP contribution is -2.57. The number of phenolic OH excluding ortho intramolecular Hbond substituents is 1. The van der Waals surface area contributed by atoms with Crippen LogP contribution >= 0.6 is 12.4 Å². The number of methoxy groups -OCH3 is 1. The van der Waals surface area contributed by atoms with Crippen LogP contribution in [-0.4, -0.2) is 99.6 Å². The van der Waals surface area contributed by atoms with E-state index in [2.05, 4.69) is 15.4 Å². The van der Waals surface area contributed by atoms with Gasteiger partial charge in [-0.3, -0.25) is 33.1 Å². The molecule has 0 spiro atoms. The van der Waals surface area contributed by atoms with Gasteiger partial charge in [-0.05, 0) is 48.9 Å². The normalized spacial score (nSPS) is 12.9. The molecule has 9 N–H and O–H groups in total. The van der Waals surface area contributed by atoms with Crippen LogP contribution in [0.4, 0.5) is 0 Å². The smallest absolute Gasteiger partial charge is 0.305 e. The first-order valence-corrected chi connectivity index (χ1v) is 16.8. The van der Waals surface area contributed by atoms with Crippen molar-refractivity contribution in [3.63, 3.8) is 0 Å². The largest absolute Gasteiger partial charge is 0.508 e. The van der Waals surface area contributed by atoms with Crippen LogP contribution in [0.15, 0.2) is 54.6 Å². The fraction of sp³-hybridized carbons (Fsp3) is 0.469. The maximum absolute atomic E-state index is 13.5. The number of esters is 1. The Hall–Kier alpha value is -3.89. The molecule has 2 rings (SSSR count). The molecule has 2 aromatic carbocycles. The highest BCUT2D eigenvalue weighted by atomic mass is 35.5. The monoisotopic (exact) mass is 713 g/mol. The first kappa shape index (κ1) is 44.1. The van der Waals surface area contributed by atoms with Crippen molar-refractivity contribution >= 4 is 52.8 Å². The van der Waals surface area contributed by atoms with Gasteiger partial charge in [0.2, 0.25) is 23.6 Å². The van der Waals surface area contributed by atoms with Crippen LogP contribution < -0.4 is 22.1 Å². The van der Waals surface area contributed by atoms with Gasteiger partial charge in [-0.2, -0.15) is 0 Å². The molecule has 0 saturated carbocycles. The number of nitrogens with one attached hydrogen (secondary N) is 2. The van der Waals surface area contributed by atoms with Gasteiger partial charge in [-0.1, -0.05) is 48.9 Å². The number of benzene rings is 2. The average Bonchev–Trinajstić information content (AvgIpc) is 3.04. The second kappa shape index (κ2) is 23.4. The van der Waals surface area contributed by atoms with Crippen molar-refractivity contribution in [2.24, 2.45) is 11.5 Å². The van der Waals surface area contributed by atoms with E-state index in [0.29, 0.717) is 36.3 Å². The van der Waals surface area contributed by atoms with Gasteiger partial charge < -0.3 is 37.4 Å². The molecule has 0 aliphatic rings. The average molecular weight is 714 g/mol. The maximum Gasteiger partial charge on any atom is 0.305 e. The van der Waals surface area contributed by atoms with Crippen LogP contribution in [0.5, 0.6) is 5.75 Å². The van der Waals surface area contributed by atoms with Crippen molar-refractivity contribution in [2.45, 2.75) is 63.1 Å². The first-order chi connectivity index (χ1) is 21.9. The molecular weight excluding hydrogens is 666 g/mol. The molecule has 0 aliphatic carbocycles. The van der Waals surface area contributed by atoms with Crippen LogP contribution in [0.25, 0.3) is 0 Å². The Morgan fingerprint density at radius 3 is 2.10 bits per heavy atom. The summed E-state index contributed by atoms with van der Waals surface area (Å²) in [5, 5.41) is 15.0. The van der Waals surface area contributed by atoms with E-state index in [1.807, 2.05) is 6.07 Å². The second-order valence-electron chi connectivity index (χ2n) is 10.9. The molecule has 0 heterocycles. The number of aromatic hydroxyl groups is 1. The number of amides is 4. The quantitative estimate of drug-likeness (QED) is 0.0955. The fourth-order valence-electron chi connectivity index (χ4n) is 4.51. The molecule has 4 amide bonds. The Bertz CT molecular complexity index is 1340. The van der Waals surface area contributed by atoms with Gasteiger partial charge in [0, 0.05) is 42.2 Å². The Morgan fingerprint density at radius 2 is 1.50 bits per heavy atom. The summed E-state index contributed by atoms with van der Waals surface area (Å²) in [5.41, 5.74) is 13.6. The van der Waals surface area contributed by atoms with E-state index in [1.165, 1.54) is 25.5 Å². The fourth-order valence-corrected chi connectivity index (χ4v) is 5.09. The lowest BCUT2D eigenvalue weighted by molar-refractivity contribution is -0.149. The number of unbranched alkanes of at least 4 members (excludes halogenated alkanes) is 2. The topological polar surface area (TPSA) is 243 Å². The summed E-state index contributed by atoms with van der Waals surface area (Å²) < 4.78 is 16.2. The van der Waals surface area contributed by atoms with Crippen LogP contribution in [0, 0.1) is 0 Å². The van der Waals surface area contributed by atoms with Gasteiger partial charge >= 0.3 is 5.97 Å². The van der Waals surface area contributed by atoms with Crippen molar-refractivity contribution in [3.05, 3.63) is 65.7 Å². The second-order valence-corrected chi connectivity index (χ2v) is 12.5. The number of nitrogens with two attached hydrogens (primary N) is 2. The number of halogens is 1. The third-order valence-corrected chi connectivity index (χ3v) is 7.91. The van der Waals surface area contributed by atoms with Crippen LogP contribution in [0.2, 0.25) is 0 Å². The van der Waals surface area contributed by atoms with E-state index < -0.39 is 59.1 Å². The van der Waals surface area contributed by atoms with Crippen LogP contribution in [0.3, 0.4) is 0 Å². The predicted molar refractivity (Wildman–Crippen MR) is 184 cm³/mol. The molecule has 48 heavy (non-hydrogen) atoms. The van der Waals surface area contributed by atoms with E-state index >= 15 is 0 Å². The Morgan fingerprint density at radius 1 is 0.896 bits per heavy atom. The zero-order chi connectivity index (χ0) is 34.1. The summed E-state index contributed by atoms with van der Waals surface area (Å²) in [6.45, 7) is -0.431. The molecule has 1 unspecified atom stereocenters. The van der Waals surface area contributed by atoms with Crippen molar-refractivity contribution in [2.75, 3.05) is 32.2 Å². The summed E-state index contributed by atoms with van der Waals surface area (Å²) >= 11 is 0. The molecule has 14 nitrogen and oxygen atoms in total. The first-order valence-electron chi connectivity index (χ1n) is 15.0. The zero-order valence-electron chi connectivity index (χ0n) is 27.2. The number of carbonyl (C=O) groups is 5. The van der Waals surface area contributed by atoms with E-state index in [4.69, 9.17) is 11.5 Å². The van der Waals surface area contributed by atoms with Gasteiger partial charge in [-0.25, -0.2) is 0 Å². The van der Waals surface area contributed by atoms with Crippen LogP contribution in [-0.2, 0) is 52.4 Å². The molecule has 0 aromatic heterocycles. The molecule has 0 radical (unpaired) electrons. The molecule has 0 aliphatic heterocycles. The highest BCUT2D eigenvalue weighted by molar-refractivity contribution is 7.84. The number of imide groups is 1. The lowest BCUT2D eigenvalue weighted by Gasteiger charge is -2.27. The number of carbonyl (C=O) groups excluding carboxylic acids is 5. The minimum atomic E-state index is -1.24. The number of hydrogen-bond acceptors (Lipinski definition) is 10. The molecule has 0 bridgehead atoms. The zero-order valence-corrected chi connectivity index (χ0v) is 28.9. The van der Waals surface area contributed by atoms with Crippen LogP contribution in [0.1, 0.15) is 43.2 Å². The van der Waals surface area contributed by atoms with Crippen molar-refractivity contribution in [3.8, 4) is 5.75 Å².